The molecular weight excluding hydrogens is 422 g/mol. The number of halogens is 2. The molecule has 0 spiro atoms. The van der Waals surface area contributed by atoms with E-state index in [-0.39, 0.29) is 22.1 Å². The number of hydrogen-bond donors (Lipinski definition) is 2. The molecule has 0 radical (unpaired) electrons. The van der Waals surface area contributed by atoms with Crippen molar-refractivity contribution in [2.24, 2.45) is 12.2 Å². The lowest BCUT2D eigenvalue weighted by atomic mass is 10.1. The summed E-state index contributed by atoms with van der Waals surface area (Å²) in [5, 5.41) is 8.29. The van der Waals surface area contributed by atoms with Crippen LogP contribution in [0.15, 0.2) is 46.5 Å². The summed E-state index contributed by atoms with van der Waals surface area (Å²) in [6, 6.07) is 6.89. The van der Waals surface area contributed by atoms with E-state index in [1.807, 2.05) is 0 Å². The second-order valence-electron chi connectivity index (χ2n) is 6.39. The molecule has 0 unspecified atom stereocenters. The van der Waals surface area contributed by atoms with E-state index in [0.29, 0.717) is 16.2 Å². The number of rotatable bonds is 6. The molecule has 1 atom stereocenters. The van der Waals surface area contributed by atoms with Gasteiger partial charge in [-0.2, -0.15) is 0 Å². The highest BCUT2D eigenvalue weighted by Gasteiger charge is 2.17. The summed E-state index contributed by atoms with van der Waals surface area (Å²) in [4.78, 5) is 16.5. The maximum absolute atomic E-state index is 13.8. The smallest absolute Gasteiger partial charge is 0.238 e. The molecule has 0 aliphatic rings. The number of thioether (sulfide) groups is 1. The molecule has 154 valence electrons. The first-order valence-electron chi connectivity index (χ1n) is 8.42. The fraction of sp³-hybridized carbons (Fsp3) is 0.222. The van der Waals surface area contributed by atoms with Crippen LogP contribution in [0, 0.1) is 11.6 Å². The number of fused-ring (bicyclic) bond motifs is 1. The quantitative estimate of drug-likeness (QED) is 0.573. The summed E-state index contributed by atoms with van der Waals surface area (Å²) in [5.74, 6) is -1.77. The molecule has 0 bridgehead atoms. The number of aryl methyl sites for hydroxylation is 1. The molecule has 1 heterocycles. The van der Waals surface area contributed by atoms with E-state index < -0.39 is 27.7 Å². The van der Waals surface area contributed by atoms with E-state index in [0.717, 1.165) is 23.9 Å². The molecule has 0 aliphatic carbocycles. The van der Waals surface area contributed by atoms with E-state index in [9.17, 15) is 22.0 Å². The van der Waals surface area contributed by atoms with Gasteiger partial charge in [-0.05, 0) is 31.2 Å². The van der Waals surface area contributed by atoms with E-state index in [1.54, 1.807) is 24.6 Å². The molecule has 0 fully saturated rings. The van der Waals surface area contributed by atoms with Gasteiger partial charge in [0.1, 0.15) is 11.6 Å². The first-order chi connectivity index (χ1) is 13.6. The van der Waals surface area contributed by atoms with E-state index in [4.69, 9.17) is 5.14 Å². The molecule has 11 heteroatoms. The first kappa shape index (κ1) is 21.2. The molecule has 1 amide bonds. The van der Waals surface area contributed by atoms with E-state index in [2.05, 4.69) is 10.3 Å². The average Bonchev–Trinajstić information content (AvgIpc) is 2.94. The van der Waals surface area contributed by atoms with Crippen LogP contribution in [0.4, 0.5) is 8.78 Å². The van der Waals surface area contributed by atoms with Crippen molar-refractivity contribution in [3.8, 4) is 0 Å². The van der Waals surface area contributed by atoms with Crippen LogP contribution in [0.2, 0.25) is 0 Å². The van der Waals surface area contributed by atoms with Crippen LogP contribution in [0.25, 0.3) is 11.0 Å². The van der Waals surface area contributed by atoms with Crippen molar-refractivity contribution < 1.29 is 22.0 Å². The van der Waals surface area contributed by atoms with Crippen molar-refractivity contribution in [3.05, 3.63) is 53.6 Å². The maximum atomic E-state index is 13.8. The van der Waals surface area contributed by atoms with Gasteiger partial charge in [0.25, 0.3) is 0 Å². The van der Waals surface area contributed by atoms with Crippen molar-refractivity contribution in [1.82, 2.24) is 14.9 Å². The lowest BCUT2D eigenvalue weighted by Gasteiger charge is -2.15. The number of amides is 1. The molecule has 3 rings (SSSR count). The lowest BCUT2D eigenvalue weighted by molar-refractivity contribution is -0.119. The number of hydrogen-bond acceptors (Lipinski definition) is 5. The molecule has 0 saturated heterocycles. The van der Waals surface area contributed by atoms with Gasteiger partial charge in [0.05, 0.1) is 27.7 Å². The Labute approximate surface area is 170 Å². The molecule has 0 saturated carbocycles. The molecule has 0 aliphatic heterocycles. The standard InChI is InChI=1S/C18H18F2N4O3S2/c1-10(13-5-3-11(19)7-14(13)20)22-17(25)9-28-18-23-15-8-12(29(21,26)27)4-6-16(15)24(18)2/h3-8,10H,9H2,1-2H3,(H,22,25)(H2,21,26,27)/t10-/m0/s1. The number of benzene rings is 2. The fourth-order valence-electron chi connectivity index (χ4n) is 2.81. The van der Waals surface area contributed by atoms with Crippen molar-refractivity contribution in [2.75, 3.05) is 5.75 Å². The van der Waals surface area contributed by atoms with Gasteiger partial charge in [-0.3, -0.25) is 4.79 Å². The summed E-state index contributed by atoms with van der Waals surface area (Å²) in [6.07, 6.45) is 0. The van der Waals surface area contributed by atoms with Crippen LogP contribution < -0.4 is 10.5 Å². The Morgan fingerprint density at radius 1 is 1.28 bits per heavy atom. The van der Waals surface area contributed by atoms with Gasteiger partial charge in [-0.25, -0.2) is 27.3 Å². The molecule has 2 aromatic carbocycles. The van der Waals surface area contributed by atoms with Crippen LogP contribution in [0.3, 0.4) is 0 Å². The Bertz CT molecular complexity index is 1200. The van der Waals surface area contributed by atoms with Crippen molar-refractivity contribution in [1.29, 1.82) is 0 Å². The molecule has 29 heavy (non-hydrogen) atoms. The van der Waals surface area contributed by atoms with Gasteiger partial charge >= 0.3 is 0 Å². The number of carbonyl (C=O) groups is 1. The largest absolute Gasteiger partial charge is 0.349 e. The maximum Gasteiger partial charge on any atom is 0.238 e. The Morgan fingerprint density at radius 2 is 2.00 bits per heavy atom. The van der Waals surface area contributed by atoms with Crippen LogP contribution >= 0.6 is 11.8 Å². The summed E-state index contributed by atoms with van der Waals surface area (Å²) in [5.41, 5.74) is 1.30. The second kappa shape index (κ2) is 8.09. The number of nitrogens with one attached hydrogen (secondary N) is 1. The predicted molar refractivity (Wildman–Crippen MR) is 106 cm³/mol. The molecular formula is C18H18F2N4O3S2. The second-order valence-corrected chi connectivity index (χ2v) is 8.90. The topological polar surface area (TPSA) is 107 Å². The Morgan fingerprint density at radius 3 is 2.66 bits per heavy atom. The number of nitrogens with two attached hydrogens (primary N) is 1. The van der Waals surface area contributed by atoms with Crippen molar-refractivity contribution in [2.45, 2.75) is 23.0 Å². The van der Waals surface area contributed by atoms with Gasteiger partial charge in [0, 0.05) is 18.7 Å². The average molecular weight is 440 g/mol. The minimum Gasteiger partial charge on any atom is -0.349 e. The first-order valence-corrected chi connectivity index (χ1v) is 11.0. The number of nitrogens with zero attached hydrogens (tertiary/aromatic N) is 2. The molecule has 7 nitrogen and oxygen atoms in total. The highest BCUT2D eigenvalue weighted by Crippen LogP contribution is 2.25. The minimum atomic E-state index is -3.84. The Hall–Kier alpha value is -2.50. The van der Waals surface area contributed by atoms with Gasteiger partial charge < -0.3 is 9.88 Å². The SMILES string of the molecule is C[C@H](NC(=O)CSc1nc2cc(S(N)(=O)=O)ccc2n1C)c1ccc(F)cc1F. The van der Waals surface area contributed by atoms with Crippen molar-refractivity contribution in [3.63, 3.8) is 0 Å². The monoisotopic (exact) mass is 440 g/mol. The summed E-state index contributed by atoms with van der Waals surface area (Å²) >= 11 is 1.14. The third kappa shape index (κ3) is 4.74. The van der Waals surface area contributed by atoms with Crippen LogP contribution in [-0.2, 0) is 21.9 Å². The predicted octanol–water partition coefficient (Wildman–Crippen LogP) is 2.47. The number of aromatic nitrogens is 2. The van der Waals surface area contributed by atoms with Gasteiger partial charge in [0.15, 0.2) is 5.16 Å². The van der Waals surface area contributed by atoms with Crippen LogP contribution in [0.1, 0.15) is 18.5 Å². The summed E-state index contributed by atoms with van der Waals surface area (Å²) < 4.78 is 51.5. The molecule has 3 N–H and O–H groups in total. The van der Waals surface area contributed by atoms with E-state index in [1.165, 1.54) is 18.2 Å². The third-order valence-corrected chi connectivity index (χ3v) is 6.22. The summed E-state index contributed by atoms with van der Waals surface area (Å²) in [7, 11) is -2.11. The van der Waals surface area contributed by atoms with Crippen LogP contribution in [-0.4, -0.2) is 29.6 Å². The van der Waals surface area contributed by atoms with E-state index >= 15 is 0 Å². The molecule has 3 aromatic rings. The van der Waals surface area contributed by atoms with Gasteiger partial charge in [-0.15, -0.1) is 0 Å². The summed E-state index contributed by atoms with van der Waals surface area (Å²) in [6.45, 7) is 1.60. The number of sulfonamides is 1. The highest BCUT2D eigenvalue weighted by molar-refractivity contribution is 7.99. The molecule has 1 aromatic heterocycles. The number of imidazole rings is 1. The van der Waals surface area contributed by atoms with Crippen molar-refractivity contribution >= 4 is 38.7 Å². The number of primary sulfonamides is 1. The lowest BCUT2D eigenvalue weighted by Crippen LogP contribution is -2.28. The number of carbonyl (C=O) groups excluding carboxylic acids is 1. The zero-order valence-corrected chi connectivity index (χ0v) is 17.2. The normalized spacial score (nSPS) is 12.9. The minimum absolute atomic E-state index is 0.00631. The van der Waals surface area contributed by atoms with Gasteiger partial charge in [0.2, 0.25) is 15.9 Å². The fourth-order valence-corrected chi connectivity index (χ4v) is 4.14. The van der Waals surface area contributed by atoms with Gasteiger partial charge in [-0.1, -0.05) is 17.8 Å². The Balaban J connectivity index is 1.69. The zero-order chi connectivity index (χ0) is 21.3. The zero-order valence-electron chi connectivity index (χ0n) is 15.5. The Kier molecular flexibility index (Phi) is 5.92. The van der Waals surface area contributed by atoms with Crippen LogP contribution in [0.5, 0.6) is 0 Å². The third-order valence-electron chi connectivity index (χ3n) is 4.28. The highest BCUT2D eigenvalue weighted by atomic mass is 32.2.